The molecular formula is C20H25BrF2N5O3S+. The molecule has 174 valence electrons. The Balaban J connectivity index is 1.52. The number of rotatable bonds is 10. The number of hydrogen-bond donors (Lipinski definition) is 4. The third-order valence-electron chi connectivity index (χ3n) is 5.15. The number of aromatic nitrogens is 1. The topological polar surface area (TPSA) is 111 Å². The molecule has 0 spiro atoms. The van der Waals surface area contributed by atoms with Gasteiger partial charge in [-0.2, -0.15) is 4.37 Å². The van der Waals surface area contributed by atoms with Crippen LogP contribution in [0.2, 0.25) is 0 Å². The molecule has 0 unspecified atom stereocenters. The molecule has 3 amide bonds. The molecule has 0 aliphatic carbocycles. The van der Waals surface area contributed by atoms with Crippen LogP contribution in [0.25, 0.3) is 0 Å². The van der Waals surface area contributed by atoms with E-state index in [1.807, 2.05) is 0 Å². The highest BCUT2D eigenvalue weighted by Crippen LogP contribution is 2.31. The Morgan fingerprint density at radius 2 is 1.91 bits per heavy atom. The van der Waals surface area contributed by atoms with Gasteiger partial charge >= 0.3 is 6.03 Å². The molecule has 1 fully saturated rings. The Labute approximate surface area is 196 Å². The van der Waals surface area contributed by atoms with Gasteiger partial charge in [-0.25, -0.2) is 13.6 Å². The van der Waals surface area contributed by atoms with Crippen molar-refractivity contribution in [3.8, 4) is 5.88 Å². The van der Waals surface area contributed by atoms with E-state index in [1.165, 1.54) is 25.9 Å². The fourth-order valence-corrected chi connectivity index (χ4v) is 4.64. The van der Waals surface area contributed by atoms with Crippen LogP contribution in [0.5, 0.6) is 5.88 Å². The molecule has 8 nitrogen and oxygen atoms in total. The average molecular weight is 533 g/mol. The van der Waals surface area contributed by atoms with Gasteiger partial charge in [0.15, 0.2) is 0 Å². The number of halogens is 3. The number of nitrogens with one attached hydrogen (secondary N) is 3. The van der Waals surface area contributed by atoms with Crippen LogP contribution in [0, 0.1) is 11.6 Å². The van der Waals surface area contributed by atoms with Crippen LogP contribution >= 0.6 is 27.5 Å². The lowest BCUT2D eigenvalue weighted by Crippen LogP contribution is -3.10. The number of carbonyl (C=O) groups is 2. The summed E-state index contributed by atoms with van der Waals surface area (Å²) in [7, 11) is 0. The van der Waals surface area contributed by atoms with Gasteiger partial charge in [0.2, 0.25) is 5.88 Å². The first-order chi connectivity index (χ1) is 15.3. The van der Waals surface area contributed by atoms with E-state index in [0.717, 1.165) is 43.1 Å². The molecule has 0 bridgehead atoms. The van der Waals surface area contributed by atoms with Crippen molar-refractivity contribution >= 4 is 44.4 Å². The molecule has 0 atom stereocenters. The Morgan fingerprint density at radius 3 is 2.56 bits per heavy atom. The van der Waals surface area contributed by atoms with E-state index in [4.69, 9.17) is 10.5 Å². The maximum absolute atomic E-state index is 14.0. The zero-order valence-corrected chi connectivity index (χ0v) is 19.7. The van der Waals surface area contributed by atoms with Gasteiger partial charge in [-0.3, -0.25) is 10.1 Å². The van der Waals surface area contributed by atoms with Crippen molar-refractivity contribution in [2.75, 3.05) is 31.5 Å². The number of unbranched alkanes of at least 4 members (excludes halogenated alkanes) is 1. The summed E-state index contributed by atoms with van der Waals surface area (Å²) < 4.78 is 37.5. The van der Waals surface area contributed by atoms with Crippen LogP contribution in [0.15, 0.2) is 16.6 Å². The SMILES string of the molecule is NC(=O)c1c(OCc2c(F)cc(Br)cc2F)nsc1NC(=O)NCCCC[NH+]1CCCC1. The van der Waals surface area contributed by atoms with Crippen molar-refractivity contribution in [1.29, 1.82) is 0 Å². The van der Waals surface area contributed by atoms with E-state index in [9.17, 15) is 18.4 Å². The van der Waals surface area contributed by atoms with E-state index in [1.54, 1.807) is 4.90 Å². The number of quaternary nitrogens is 1. The molecule has 12 heteroatoms. The Bertz CT molecular complexity index is 946. The second-order valence-electron chi connectivity index (χ2n) is 7.49. The van der Waals surface area contributed by atoms with Crippen molar-refractivity contribution in [2.45, 2.75) is 32.3 Å². The molecule has 32 heavy (non-hydrogen) atoms. The fraction of sp³-hybridized carbons (Fsp3) is 0.450. The lowest BCUT2D eigenvalue weighted by molar-refractivity contribution is -0.887. The quantitative estimate of drug-likeness (QED) is 0.352. The minimum absolute atomic E-state index is 0.100. The molecule has 3 rings (SSSR count). The minimum atomic E-state index is -0.880. The number of urea groups is 1. The summed E-state index contributed by atoms with van der Waals surface area (Å²) in [5.41, 5.74) is 4.93. The fourth-order valence-electron chi connectivity index (χ4n) is 3.50. The number of nitrogens with zero attached hydrogens (tertiary/aromatic N) is 1. The zero-order valence-electron chi connectivity index (χ0n) is 17.3. The number of benzene rings is 1. The highest BCUT2D eigenvalue weighted by Gasteiger charge is 2.23. The molecule has 0 saturated carbocycles. The second kappa shape index (κ2) is 11.5. The second-order valence-corrected chi connectivity index (χ2v) is 9.18. The largest absolute Gasteiger partial charge is 0.471 e. The highest BCUT2D eigenvalue weighted by atomic mass is 79.9. The number of primary amides is 1. The van der Waals surface area contributed by atoms with Gasteiger partial charge in [-0.05, 0) is 36.5 Å². The van der Waals surface area contributed by atoms with Gasteiger partial charge in [0.1, 0.15) is 28.8 Å². The number of likely N-dealkylation sites (tertiary alicyclic amines) is 1. The van der Waals surface area contributed by atoms with Crippen LogP contribution in [-0.2, 0) is 6.61 Å². The lowest BCUT2D eigenvalue weighted by Gasteiger charge is -2.12. The van der Waals surface area contributed by atoms with Crippen LogP contribution in [0.4, 0.5) is 18.6 Å². The van der Waals surface area contributed by atoms with Crippen molar-refractivity contribution in [2.24, 2.45) is 5.73 Å². The van der Waals surface area contributed by atoms with E-state index < -0.39 is 30.2 Å². The maximum Gasteiger partial charge on any atom is 0.319 e. The van der Waals surface area contributed by atoms with Crippen LogP contribution in [0.1, 0.15) is 41.6 Å². The molecule has 2 aromatic rings. The predicted molar refractivity (Wildman–Crippen MR) is 120 cm³/mol. The molecular weight excluding hydrogens is 508 g/mol. The molecule has 1 aromatic carbocycles. The monoisotopic (exact) mass is 532 g/mol. The number of hydrogen-bond acceptors (Lipinski definition) is 5. The number of nitrogens with two attached hydrogens (primary N) is 1. The number of amides is 3. The van der Waals surface area contributed by atoms with E-state index in [2.05, 4.69) is 30.9 Å². The van der Waals surface area contributed by atoms with Crippen LogP contribution in [0.3, 0.4) is 0 Å². The Kier molecular flexibility index (Phi) is 8.76. The first-order valence-corrected chi connectivity index (χ1v) is 11.9. The minimum Gasteiger partial charge on any atom is -0.471 e. The molecule has 1 aromatic heterocycles. The molecule has 2 heterocycles. The normalized spacial score (nSPS) is 13.8. The van der Waals surface area contributed by atoms with Crippen molar-refractivity contribution in [1.82, 2.24) is 9.69 Å². The van der Waals surface area contributed by atoms with Crippen LogP contribution in [-0.4, -0.2) is 42.5 Å². The summed E-state index contributed by atoms with van der Waals surface area (Å²) in [6, 6.07) is 1.70. The summed E-state index contributed by atoms with van der Waals surface area (Å²) in [6.45, 7) is 3.54. The van der Waals surface area contributed by atoms with Gasteiger partial charge < -0.3 is 20.7 Å². The Morgan fingerprint density at radius 1 is 1.22 bits per heavy atom. The lowest BCUT2D eigenvalue weighted by atomic mass is 10.2. The molecule has 0 radical (unpaired) electrons. The van der Waals surface area contributed by atoms with E-state index >= 15 is 0 Å². The van der Waals surface area contributed by atoms with E-state index in [-0.39, 0.29) is 26.5 Å². The van der Waals surface area contributed by atoms with Gasteiger partial charge in [0.05, 0.1) is 25.2 Å². The maximum atomic E-state index is 14.0. The first-order valence-electron chi connectivity index (χ1n) is 10.3. The summed E-state index contributed by atoms with van der Waals surface area (Å²) in [6.07, 6.45) is 4.43. The number of carbonyl (C=O) groups excluding carboxylic acids is 2. The van der Waals surface area contributed by atoms with Crippen molar-refractivity contribution < 1.29 is 28.0 Å². The summed E-state index contributed by atoms with van der Waals surface area (Å²) in [4.78, 5) is 25.7. The van der Waals surface area contributed by atoms with Gasteiger partial charge in [0, 0.05) is 23.9 Å². The van der Waals surface area contributed by atoms with Gasteiger partial charge in [-0.1, -0.05) is 15.9 Å². The van der Waals surface area contributed by atoms with Gasteiger partial charge in [0.25, 0.3) is 5.91 Å². The first kappa shape index (κ1) is 24.3. The Hall–Kier alpha value is -2.31. The average Bonchev–Trinajstić information content (AvgIpc) is 3.37. The standard InChI is InChI=1S/C20H24BrF2N5O3S/c21-12-9-14(22)13(15(23)10-12)11-31-18-16(17(24)29)19(32-27-18)26-20(30)25-5-1-2-6-28-7-3-4-8-28/h9-10H,1-8,11H2,(H2,24,29)(H2,25,26,30)/p+1. The summed E-state index contributed by atoms with van der Waals surface area (Å²) >= 11 is 3.80. The number of ether oxygens (including phenoxy) is 1. The summed E-state index contributed by atoms with van der Waals surface area (Å²) in [5, 5.41) is 5.37. The molecule has 1 saturated heterocycles. The van der Waals surface area contributed by atoms with Crippen LogP contribution < -0.4 is 26.0 Å². The molecule has 5 N–H and O–H groups in total. The third kappa shape index (κ3) is 6.59. The predicted octanol–water partition coefficient (Wildman–Crippen LogP) is 2.44. The molecule has 1 aliphatic rings. The molecule has 1 aliphatic heterocycles. The van der Waals surface area contributed by atoms with E-state index in [0.29, 0.717) is 6.54 Å². The highest BCUT2D eigenvalue weighted by molar-refractivity contribution is 9.10. The zero-order chi connectivity index (χ0) is 23.1. The van der Waals surface area contributed by atoms with Crippen molar-refractivity contribution in [3.05, 3.63) is 39.4 Å². The summed E-state index contributed by atoms with van der Waals surface area (Å²) in [5.74, 6) is -2.70. The third-order valence-corrected chi connectivity index (χ3v) is 6.35. The number of anilines is 1. The smallest absolute Gasteiger partial charge is 0.319 e. The van der Waals surface area contributed by atoms with Crippen molar-refractivity contribution in [3.63, 3.8) is 0 Å². The van der Waals surface area contributed by atoms with Gasteiger partial charge in [-0.15, -0.1) is 0 Å².